The third-order valence-corrected chi connectivity index (χ3v) is 5.20. The Bertz CT molecular complexity index is 970. The number of amides is 2. The molecule has 4 rings (SSSR count). The fraction of sp³-hybridized carbons (Fsp3) is 0.350. The minimum absolute atomic E-state index is 0.0175. The molecule has 1 aromatic carbocycles. The van der Waals surface area contributed by atoms with E-state index in [2.05, 4.69) is 32.5 Å². The summed E-state index contributed by atoms with van der Waals surface area (Å²) in [5.41, 5.74) is 2.82. The number of hydrogen-bond acceptors (Lipinski definition) is 4. The molecule has 1 fully saturated rings. The second kappa shape index (κ2) is 7.55. The fourth-order valence-corrected chi connectivity index (χ4v) is 3.64. The first-order chi connectivity index (χ1) is 13.5. The van der Waals surface area contributed by atoms with Gasteiger partial charge in [0.2, 0.25) is 5.95 Å². The van der Waals surface area contributed by atoms with Crippen LogP contribution in [0.3, 0.4) is 0 Å². The number of rotatable bonds is 3. The van der Waals surface area contributed by atoms with Gasteiger partial charge in [0.1, 0.15) is 5.82 Å². The maximum absolute atomic E-state index is 13.3. The minimum atomic E-state index is -0.532. The van der Waals surface area contributed by atoms with Gasteiger partial charge in [0.25, 0.3) is 0 Å². The second-order valence-electron chi connectivity index (χ2n) is 7.29. The number of para-hydroxylation sites is 2. The molecule has 3 heterocycles. The standard InChI is InChI=1S/C20H23FN6O/c1-12-9-14(11-22-18(12)21)24-20(28)23-13-7-8-27(2)17(10-13)19-25-15-5-3-4-6-16(15)26-19/h3-6,9,11,13,17H,7-8,10H2,1-2H3,(H,25,26)(H2,23,24,28)/t13?,17-/m1/s1. The third kappa shape index (κ3) is 3.82. The van der Waals surface area contributed by atoms with E-state index in [9.17, 15) is 9.18 Å². The van der Waals surface area contributed by atoms with Crippen LogP contribution in [-0.4, -0.2) is 45.5 Å². The number of halogens is 1. The van der Waals surface area contributed by atoms with Crippen LogP contribution in [0.25, 0.3) is 11.0 Å². The number of urea groups is 1. The van der Waals surface area contributed by atoms with Gasteiger partial charge in [-0.3, -0.25) is 4.90 Å². The summed E-state index contributed by atoms with van der Waals surface area (Å²) in [5, 5.41) is 5.74. The monoisotopic (exact) mass is 382 g/mol. The normalized spacial score (nSPS) is 20.2. The Labute approximate surface area is 162 Å². The molecule has 3 N–H and O–H groups in total. The van der Waals surface area contributed by atoms with Crippen molar-refractivity contribution in [3.8, 4) is 0 Å². The molecule has 0 radical (unpaired) electrons. The van der Waals surface area contributed by atoms with Crippen molar-refractivity contribution in [2.24, 2.45) is 0 Å². The van der Waals surface area contributed by atoms with E-state index >= 15 is 0 Å². The van der Waals surface area contributed by atoms with E-state index in [-0.39, 0.29) is 18.1 Å². The van der Waals surface area contributed by atoms with Crippen LogP contribution < -0.4 is 10.6 Å². The molecular formula is C20H23FN6O. The zero-order valence-electron chi connectivity index (χ0n) is 15.9. The number of piperidine rings is 1. The summed E-state index contributed by atoms with van der Waals surface area (Å²) in [6, 6.07) is 9.31. The predicted molar refractivity (Wildman–Crippen MR) is 106 cm³/mol. The van der Waals surface area contributed by atoms with Crippen LogP contribution >= 0.6 is 0 Å². The van der Waals surface area contributed by atoms with Crippen molar-refractivity contribution in [1.82, 2.24) is 25.2 Å². The summed E-state index contributed by atoms with van der Waals surface area (Å²) < 4.78 is 13.3. The average molecular weight is 382 g/mol. The van der Waals surface area contributed by atoms with E-state index in [4.69, 9.17) is 4.98 Å². The van der Waals surface area contributed by atoms with Gasteiger partial charge in [-0.2, -0.15) is 4.39 Å². The smallest absolute Gasteiger partial charge is 0.319 e. The van der Waals surface area contributed by atoms with Gasteiger partial charge in [0.15, 0.2) is 0 Å². The molecule has 2 atom stereocenters. The number of pyridine rings is 1. The molecule has 1 aliphatic heterocycles. The van der Waals surface area contributed by atoms with Crippen LogP contribution in [0.4, 0.5) is 14.9 Å². The number of aromatic amines is 1. The van der Waals surface area contributed by atoms with Gasteiger partial charge < -0.3 is 15.6 Å². The maximum Gasteiger partial charge on any atom is 0.319 e. The zero-order valence-corrected chi connectivity index (χ0v) is 15.9. The Balaban J connectivity index is 1.42. The zero-order chi connectivity index (χ0) is 19.7. The van der Waals surface area contributed by atoms with Crippen LogP contribution in [-0.2, 0) is 0 Å². The van der Waals surface area contributed by atoms with E-state index in [0.717, 1.165) is 36.2 Å². The lowest BCUT2D eigenvalue weighted by Crippen LogP contribution is -2.46. The molecule has 8 heteroatoms. The van der Waals surface area contributed by atoms with Crippen molar-refractivity contribution in [3.05, 3.63) is 53.9 Å². The van der Waals surface area contributed by atoms with Crippen molar-refractivity contribution < 1.29 is 9.18 Å². The van der Waals surface area contributed by atoms with Crippen LogP contribution in [0.1, 0.15) is 30.3 Å². The van der Waals surface area contributed by atoms with Gasteiger partial charge in [0.05, 0.1) is 29.0 Å². The molecule has 28 heavy (non-hydrogen) atoms. The average Bonchev–Trinajstić information content (AvgIpc) is 3.10. The number of hydrogen-bond donors (Lipinski definition) is 3. The number of aryl methyl sites for hydroxylation is 1. The quantitative estimate of drug-likeness (QED) is 0.606. The van der Waals surface area contributed by atoms with Crippen molar-refractivity contribution in [2.45, 2.75) is 31.8 Å². The van der Waals surface area contributed by atoms with Gasteiger partial charge in [0, 0.05) is 18.2 Å². The summed E-state index contributed by atoms with van der Waals surface area (Å²) in [7, 11) is 2.07. The lowest BCUT2D eigenvalue weighted by Gasteiger charge is -2.36. The van der Waals surface area contributed by atoms with Gasteiger partial charge in [-0.1, -0.05) is 12.1 Å². The number of imidazole rings is 1. The molecule has 2 amide bonds. The number of carbonyl (C=O) groups is 1. The van der Waals surface area contributed by atoms with E-state index in [1.165, 1.54) is 6.20 Å². The topological polar surface area (TPSA) is 85.9 Å². The van der Waals surface area contributed by atoms with E-state index in [1.54, 1.807) is 13.0 Å². The number of benzene rings is 1. The van der Waals surface area contributed by atoms with Crippen molar-refractivity contribution in [2.75, 3.05) is 18.9 Å². The highest BCUT2D eigenvalue weighted by molar-refractivity contribution is 5.89. The van der Waals surface area contributed by atoms with Crippen molar-refractivity contribution in [3.63, 3.8) is 0 Å². The molecule has 2 aromatic heterocycles. The molecule has 0 bridgehead atoms. The molecule has 0 spiro atoms. The number of nitrogens with zero attached hydrogens (tertiary/aromatic N) is 3. The van der Waals surface area contributed by atoms with Crippen molar-refractivity contribution >= 4 is 22.8 Å². The lowest BCUT2D eigenvalue weighted by molar-refractivity contribution is 0.153. The number of anilines is 1. The lowest BCUT2D eigenvalue weighted by atomic mass is 9.97. The van der Waals surface area contributed by atoms with Gasteiger partial charge in [-0.15, -0.1) is 0 Å². The molecule has 0 aliphatic carbocycles. The van der Waals surface area contributed by atoms with Crippen LogP contribution in [0.5, 0.6) is 0 Å². The summed E-state index contributed by atoms with van der Waals surface area (Å²) in [4.78, 5) is 26.4. The Hall–Kier alpha value is -3.00. The minimum Gasteiger partial charge on any atom is -0.341 e. The van der Waals surface area contributed by atoms with E-state index < -0.39 is 5.95 Å². The Morgan fingerprint density at radius 3 is 2.96 bits per heavy atom. The maximum atomic E-state index is 13.3. The number of nitrogens with one attached hydrogen (secondary N) is 3. The highest BCUT2D eigenvalue weighted by atomic mass is 19.1. The first-order valence-electron chi connectivity index (χ1n) is 9.34. The number of carbonyl (C=O) groups excluding carboxylic acids is 1. The van der Waals surface area contributed by atoms with Crippen LogP contribution in [0, 0.1) is 12.9 Å². The van der Waals surface area contributed by atoms with Crippen LogP contribution in [0.15, 0.2) is 36.5 Å². The number of likely N-dealkylation sites (tertiary alicyclic amines) is 1. The highest BCUT2D eigenvalue weighted by Crippen LogP contribution is 2.29. The molecule has 1 unspecified atom stereocenters. The van der Waals surface area contributed by atoms with Gasteiger partial charge >= 0.3 is 6.03 Å². The predicted octanol–water partition coefficient (Wildman–Crippen LogP) is 3.36. The Morgan fingerprint density at radius 1 is 1.36 bits per heavy atom. The van der Waals surface area contributed by atoms with Gasteiger partial charge in [-0.25, -0.2) is 14.8 Å². The van der Waals surface area contributed by atoms with Gasteiger partial charge in [-0.05, 0) is 45.0 Å². The molecule has 3 aromatic rings. The Morgan fingerprint density at radius 2 is 2.18 bits per heavy atom. The Kier molecular flexibility index (Phi) is 4.95. The fourth-order valence-electron chi connectivity index (χ4n) is 3.64. The van der Waals surface area contributed by atoms with E-state index in [0.29, 0.717) is 11.3 Å². The van der Waals surface area contributed by atoms with Crippen molar-refractivity contribution in [1.29, 1.82) is 0 Å². The first kappa shape index (κ1) is 18.4. The number of aromatic nitrogens is 3. The molecule has 0 saturated carbocycles. The molecular weight excluding hydrogens is 359 g/mol. The largest absolute Gasteiger partial charge is 0.341 e. The molecule has 7 nitrogen and oxygen atoms in total. The summed E-state index contributed by atoms with van der Waals surface area (Å²) in [6.45, 7) is 2.46. The number of H-pyrrole nitrogens is 1. The highest BCUT2D eigenvalue weighted by Gasteiger charge is 2.30. The second-order valence-corrected chi connectivity index (χ2v) is 7.29. The molecule has 1 aliphatic rings. The summed E-state index contributed by atoms with van der Waals surface area (Å²) >= 11 is 0. The summed E-state index contributed by atoms with van der Waals surface area (Å²) in [6.07, 6.45) is 2.92. The SMILES string of the molecule is Cc1cc(NC(=O)NC2CCN(C)[C@@H](c3nc4ccccc4[nH]3)C2)cnc1F. The van der Waals surface area contributed by atoms with E-state index in [1.807, 2.05) is 24.3 Å². The number of fused-ring (bicyclic) bond motifs is 1. The molecule has 1 saturated heterocycles. The van der Waals surface area contributed by atoms with Crippen LogP contribution in [0.2, 0.25) is 0 Å². The molecule has 146 valence electrons. The third-order valence-electron chi connectivity index (χ3n) is 5.20. The first-order valence-corrected chi connectivity index (χ1v) is 9.34. The summed E-state index contributed by atoms with van der Waals surface area (Å²) in [5.74, 6) is 0.379.